The molecule has 2 amide bonds. The number of hydrogen-bond donors (Lipinski definition) is 0. The summed E-state index contributed by atoms with van der Waals surface area (Å²) < 4.78 is 5.33. The summed E-state index contributed by atoms with van der Waals surface area (Å²) in [6.07, 6.45) is 4.50. The number of aryl methyl sites for hydroxylation is 1. The lowest BCUT2D eigenvalue weighted by Crippen LogP contribution is -2.55. The molecule has 2 aromatic carbocycles. The zero-order valence-corrected chi connectivity index (χ0v) is 23.2. The van der Waals surface area contributed by atoms with Crippen molar-refractivity contribution >= 4 is 46.9 Å². The van der Waals surface area contributed by atoms with Crippen molar-refractivity contribution in [1.82, 2.24) is 9.80 Å². The van der Waals surface area contributed by atoms with Crippen molar-refractivity contribution < 1.29 is 14.3 Å². The Morgan fingerprint density at radius 3 is 2.65 bits per heavy atom. The van der Waals surface area contributed by atoms with Gasteiger partial charge in [0.2, 0.25) is 5.91 Å². The highest BCUT2D eigenvalue weighted by molar-refractivity contribution is 8.04. The molecule has 37 heavy (non-hydrogen) atoms. The number of methoxy groups -OCH3 is 1. The molecule has 3 unspecified atom stereocenters. The summed E-state index contributed by atoms with van der Waals surface area (Å²) in [5.41, 5.74) is 3.31. The van der Waals surface area contributed by atoms with E-state index in [4.69, 9.17) is 16.3 Å². The minimum absolute atomic E-state index is 0.0273. The number of piperazine rings is 1. The largest absolute Gasteiger partial charge is 0.497 e. The number of anilines is 1. The van der Waals surface area contributed by atoms with E-state index >= 15 is 0 Å². The zero-order valence-electron chi connectivity index (χ0n) is 21.7. The molecule has 2 aromatic rings. The second kappa shape index (κ2) is 11.0. The maximum atomic E-state index is 13.5. The summed E-state index contributed by atoms with van der Waals surface area (Å²) in [4.78, 5) is 33.7. The first-order valence-electron chi connectivity index (χ1n) is 12.9. The van der Waals surface area contributed by atoms with Crippen molar-refractivity contribution in [2.75, 3.05) is 45.2 Å². The van der Waals surface area contributed by atoms with Gasteiger partial charge in [-0.2, -0.15) is 0 Å². The third kappa shape index (κ3) is 5.48. The van der Waals surface area contributed by atoms with Crippen molar-refractivity contribution in [3.05, 3.63) is 63.5 Å². The number of benzene rings is 2. The molecule has 1 aliphatic carbocycles. The Kier molecular flexibility index (Phi) is 7.72. The average molecular weight is 540 g/mol. The number of halogens is 1. The van der Waals surface area contributed by atoms with E-state index in [0.29, 0.717) is 18.3 Å². The van der Waals surface area contributed by atoms with Gasteiger partial charge in [0.1, 0.15) is 5.75 Å². The summed E-state index contributed by atoms with van der Waals surface area (Å²) >= 11 is 7.90. The smallest absolute Gasteiger partial charge is 0.260 e. The first-order valence-corrected chi connectivity index (χ1v) is 14.2. The standard InChI is InChI=1S/C29H34ClN3O3S/c1-19-7-9-22(30)18-24(19)32-11-13-33(14-12-32)28(34)21-8-10-26-25(17-21)31(2)29(35)27(37-26)16-20-5-4-6-23(15-20)36-3/h4-7,9,15-16,18,21,25-26H,8,10-14,17H2,1-3H3/b27-16-. The van der Waals surface area contributed by atoms with Crippen molar-refractivity contribution in [1.29, 1.82) is 0 Å². The lowest BCUT2D eigenvalue weighted by atomic mass is 9.83. The first-order chi connectivity index (χ1) is 17.8. The fourth-order valence-electron chi connectivity index (χ4n) is 5.75. The van der Waals surface area contributed by atoms with Crippen LogP contribution >= 0.6 is 23.4 Å². The van der Waals surface area contributed by atoms with E-state index in [1.807, 2.05) is 65.4 Å². The van der Waals surface area contributed by atoms with Crippen LogP contribution in [0.2, 0.25) is 5.02 Å². The van der Waals surface area contributed by atoms with Crippen LogP contribution in [-0.4, -0.2) is 73.2 Å². The monoisotopic (exact) mass is 539 g/mol. The second-order valence-electron chi connectivity index (χ2n) is 10.2. The predicted molar refractivity (Wildman–Crippen MR) is 151 cm³/mol. The molecule has 2 heterocycles. The number of amides is 2. The number of rotatable bonds is 4. The number of likely N-dealkylation sites (N-methyl/N-ethyl adjacent to an activating group) is 1. The van der Waals surface area contributed by atoms with E-state index in [2.05, 4.69) is 11.8 Å². The number of hydrogen-bond acceptors (Lipinski definition) is 5. The summed E-state index contributed by atoms with van der Waals surface area (Å²) in [6.45, 7) is 5.13. The molecule has 0 bridgehead atoms. The highest BCUT2D eigenvalue weighted by Gasteiger charge is 2.43. The van der Waals surface area contributed by atoms with Crippen LogP contribution in [0.5, 0.6) is 5.75 Å². The van der Waals surface area contributed by atoms with E-state index in [1.54, 1.807) is 18.9 Å². The molecule has 0 aromatic heterocycles. The molecule has 5 rings (SSSR count). The number of ether oxygens (including phenoxy) is 1. The third-order valence-corrected chi connectivity index (χ3v) is 9.54. The molecule has 2 saturated heterocycles. The maximum absolute atomic E-state index is 13.5. The lowest BCUT2D eigenvalue weighted by molar-refractivity contribution is -0.139. The van der Waals surface area contributed by atoms with Crippen LogP contribution in [0.25, 0.3) is 6.08 Å². The molecule has 196 valence electrons. The van der Waals surface area contributed by atoms with Crippen molar-refractivity contribution in [3.8, 4) is 5.75 Å². The number of carbonyl (C=O) groups excluding carboxylic acids is 2. The predicted octanol–water partition coefficient (Wildman–Crippen LogP) is 5.09. The quantitative estimate of drug-likeness (QED) is 0.507. The molecule has 8 heteroatoms. The van der Waals surface area contributed by atoms with Crippen LogP contribution in [-0.2, 0) is 9.59 Å². The van der Waals surface area contributed by atoms with Gasteiger partial charge in [0.15, 0.2) is 0 Å². The van der Waals surface area contributed by atoms with Crippen LogP contribution in [0.3, 0.4) is 0 Å². The minimum Gasteiger partial charge on any atom is -0.497 e. The van der Waals surface area contributed by atoms with Gasteiger partial charge in [-0.05, 0) is 67.7 Å². The molecule has 3 fully saturated rings. The number of fused-ring (bicyclic) bond motifs is 1. The average Bonchev–Trinajstić information content (AvgIpc) is 2.92. The van der Waals surface area contributed by atoms with Gasteiger partial charge >= 0.3 is 0 Å². The highest BCUT2D eigenvalue weighted by atomic mass is 35.5. The molecule has 1 saturated carbocycles. The van der Waals surface area contributed by atoms with E-state index in [1.165, 1.54) is 5.56 Å². The Balaban J connectivity index is 1.21. The topological polar surface area (TPSA) is 53.1 Å². The number of carbonyl (C=O) groups is 2. The van der Waals surface area contributed by atoms with Crippen molar-refractivity contribution in [2.45, 2.75) is 37.5 Å². The Morgan fingerprint density at radius 2 is 1.89 bits per heavy atom. The van der Waals surface area contributed by atoms with E-state index in [0.717, 1.165) is 59.3 Å². The maximum Gasteiger partial charge on any atom is 0.260 e. The van der Waals surface area contributed by atoms with Gasteiger partial charge in [-0.3, -0.25) is 9.59 Å². The van der Waals surface area contributed by atoms with Crippen LogP contribution < -0.4 is 9.64 Å². The lowest BCUT2D eigenvalue weighted by Gasteiger charge is -2.45. The first kappa shape index (κ1) is 26.0. The molecule has 3 atom stereocenters. The van der Waals surface area contributed by atoms with Crippen LogP contribution in [0.4, 0.5) is 5.69 Å². The SMILES string of the molecule is COc1cccc(/C=C2\SC3CCC(C(=O)N4CCN(c5cc(Cl)ccc5C)CC4)CC3N(C)C2=O)c1. The van der Waals surface area contributed by atoms with Gasteiger partial charge in [-0.25, -0.2) is 0 Å². The summed E-state index contributed by atoms with van der Waals surface area (Å²) in [7, 11) is 3.53. The Labute approximate surface area is 228 Å². The molecule has 2 aliphatic heterocycles. The molecule has 0 spiro atoms. The van der Waals surface area contributed by atoms with Crippen LogP contribution in [0.1, 0.15) is 30.4 Å². The van der Waals surface area contributed by atoms with E-state index < -0.39 is 0 Å². The van der Waals surface area contributed by atoms with Crippen LogP contribution in [0, 0.1) is 12.8 Å². The molecule has 6 nitrogen and oxygen atoms in total. The normalized spacial score (nSPS) is 25.3. The molecule has 0 radical (unpaired) electrons. The third-order valence-electron chi connectivity index (χ3n) is 7.91. The zero-order chi connectivity index (χ0) is 26.1. The van der Waals surface area contributed by atoms with E-state index in [9.17, 15) is 9.59 Å². The highest BCUT2D eigenvalue weighted by Crippen LogP contribution is 2.43. The molecular formula is C29H34ClN3O3S. The summed E-state index contributed by atoms with van der Waals surface area (Å²) in [5, 5.41) is 1.05. The van der Waals surface area contributed by atoms with Crippen LogP contribution in [0.15, 0.2) is 47.4 Å². The van der Waals surface area contributed by atoms with Gasteiger partial charge in [-0.1, -0.05) is 29.8 Å². The summed E-state index contributed by atoms with van der Waals surface area (Å²) in [5.74, 6) is 1.02. The van der Waals surface area contributed by atoms with Crippen molar-refractivity contribution in [2.24, 2.45) is 5.92 Å². The Morgan fingerprint density at radius 1 is 1.11 bits per heavy atom. The number of thioether (sulfide) groups is 1. The fraction of sp³-hybridized carbons (Fsp3) is 0.448. The van der Waals surface area contributed by atoms with Crippen molar-refractivity contribution in [3.63, 3.8) is 0 Å². The van der Waals surface area contributed by atoms with Gasteiger partial charge in [0, 0.05) is 61.1 Å². The van der Waals surface area contributed by atoms with E-state index in [-0.39, 0.29) is 23.8 Å². The second-order valence-corrected chi connectivity index (χ2v) is 11.9. The van der Waals surface area contributed by atoms with Gasteiger partial charge < -0.3 is 19.4 Å². The fourth-order valence-corrected chi connectivity index (χ4v) is 7.40. The van der Waals surface area contributed by atoms with Gasteiger partial charge in [0.05, 0.1) is 12.0 Å². The summed E-state index contributed by atoms with van der Waals surface area (Å²) in [6, 6.07) is 13.8. The molecule has 3 aliphatic rings. The molecule has 0 N–H and O–H groups in total. The van der Waals surface area contributed by atoms with Gasteiger partial charge in [-0.15, -0.1) is 11.8 Å². The Hall–Kier alpha value is -2.64. The van der Waals surface area contributed by atoms with Gasteiger partial charge in [0.25, 0.3) is 5.91 Å². The molecular weight excluding hydrogens is 506 g/mol. The minimum atomic E-state index is -0.0273. The Bertz CT molecular complexity index is 1210. The number of nitrogens with zero attached hydrogens (tertiary/aromatic N) is 3.